The summed E-state index contributed by atoms with van der Waals surface area (Å²) in [7, 11) is -2.95. The Balaban J connectivity index is 1.61. The van der Waals surface area contributed by atoms with Crippen LogP contribution < -0.4 is 16.1 Å². The zero-order valence-electron chi connectivity index (χ0n) is 25.2. The van der Waals surface area contributed by atoms with Crippen molar-refractivity contribution in [2.75, 3.05) is 23.8 Å². The van der Waals surface area contributed by atoms with Crippen molar-refractivity contribution in [3.05, 3.63) is 34.7 Å². The van der Waals surface area contributed by atoms with Gasteiger partial charge in [-0.1, -0.05) is 59.1 Å². The summed E-state index contributed by atoms with van der Waals surface area (Å²) in [5.41, 5.74) is 1.32. The fourth-order valence-electron chi connectivity index (χ4n) is 4.76. The summed E-state index contributed by atoms with van der Waals surface area (Å²) < 4.78 is 34.3. The quantitative estimate of drug-likeness (QED) is 0.319. The van der Waals surface area contributed by atoms with Crippen LogP contribution >= 0.6 is 11.6 Å². The van der Waals surface area contributed by atoms with E-state index in [2.05, 4.69) is 74.4 Å². The van der Waals surface area contributed by atoms with Crippen LogP contribution in [0, 0.1) is 28.5 Å². The van der Waals surface area contributed by atoms with Crippen molar-refractivity contribution in [1.29, 1.82) is 5.26 Å². The average molecular weight is 602 g/mol. The van der Waals surface area contributed by atoms with Crippen molar-refractivity contribution in [3.63, 3.8) is 0 Å². The summed E-state index contributed by atoms with van der Waals surface area (Å²) in [4.78, 5) is 8.88. The number of hydrogen-bond acceptors (Lipinski definition) is 8. The van der Waals surface area contributed by atoms with E-state index >= 15 is 4.39 Å². The maximum Gasteiger partial charge on any atom is 0.497 e. The van der Waals surface area contributed by atoms with Crippen LogP contribution in [0.15, 0.2) is 18.3 Å². The van der Waals surface area contributed by atoms with Crippen LogP contribution in [-0.2, 0) is 20.3 Å². The Kier molecular flexibility index (Phi) is 9.71. The van der Waals surface area contributed by atoms with Crippen LogP contribution in [0.25, 0.3) is 0 Å². The molecule has 1 aliphatic carbocycles. The van der Waals surface area contributed by atoms with E-state index in [0.717, 1.165) is 25.7 Å². The minimum Gasteiger partial charge on any atom is -0.413 e. The van der Waals surface area contributed by atoms with Crippen molar-refractivity contribution in [1.82, 2.24) is 9.97 Å². The molecular weight excluding hydrogens is 560 g/mol. The number of nitrogens with zero attached hydrogens (tertiary/aromatic N) is 3. The van der Waals surface area contributed by atoms with Crippen LogP contribution in [0.2, 0.25) is 23.2 Å². The molecule has 222 valence electrons. The van der Waals surface area contributed by atoms with Crippen molar-refractivity contribution >= 4 is 50.0 Å². The second kappa shape index (κ2) is 12.6. The van der Waals surface area contributed by atoms with E-state index in [0.29, 0.717) is 40.8 Å². The molecule has 1 saturated heterocycles. The van der Waals surface area contributed by atoms with E-state index in [1.165, 1.54) is 12.3 Å². The lowest BCUT2D eigenvalue weighted by Gasteiger charge is -2.37. The third-order valence-corrected chi connectivity index (χ3v) is 13.1. The van der Waals surface area contributed by atoms with Crippen LogP contribution in [0.3, 0.4) is 0 Å². The van der Waals surface area contributed by atoms with Gasteiger partial charge in [0.15, 0.2) is 14.1 Å². The summed E-state index contributed by atoms with van der Waals surface area (Å²) in [6, 6.07) is 5.60. The number of aromatic nitrogens is 2. The van der Waals surface area contributed by atoms with Crippen molar-refractivity contribution in [2.45, 2.75) is 91.1 Å². The van der Waals surface area contributed by atoms with Crippen LogP contribution in [0.5, 0.6) is 0 Å². The summed E-state index contributed by atoms with van der Waals surface area (Å²) in [5.74, 6) is 0.143. The molecule has 1 unspecified atom stereocenters. The van der Waals surface area contributed by atoms with E-state index in [9.17, 15) is 5.26 Å². The SMILES string of the molecule is CC1(C)COB(c2c(F)cc(Nc3ncc(Cl)c(NC4CCCC[C@@H]4C#N)n3)cc2CO[Si](C)(C)C(C)(C)C)OC1. The Morgan fingerprint density at radius 2 is 1.90 bits per heavy atom. The van der Waals surface area contributed by atoms with Gasteiger partial charge in [0, 0.05) is 35.8 Å². The molecule has 2 fully saturated rings. The molecule has 12 heteroatoms. The molecule has 0 amide bonds. The van der Waals surface area contributed by atoms with Crippen molar-refractivity contribution in [3.8, 4) is 6.07 Å². The summed E-state index contributed by atoms with van der Waals surface area (Å²) in [6.07, 6.45) is 5.30. The Morgan fingerprint density at radius 3 is 2.56 bits per heavy atom. The highest BCUT2D eigenvalue weighted by Gasteiger charge is 2.40. The Morgan fingerprint density at radius 1 is 1.22 bits per heavy atom. The molecule has 1 saturated carbocycles. The molecule has 1 aromatic carbocycles. The molecule has 2 N–H and O–H groups in total. The zero-order valence-corrected chi connectivity index (χ0v) is 27.0. The van der Waals surface area contributed by atoms with Crippen molar-refractivity contribution < 1.29 is 18.1 Å². The van der Waals surface area contributed by atoms with Gasteiger partial charge < -0.3 is 24.4 Å². The molecule has 0 bridgehead atoms. The monoisotopic (exact) mass is 601 g/mol. The molecule has 1 aromatic heterocycles. The molecule has 2 heterocycles. The van der Waals surface area contributed by atoms with E-state index < -0.39 is 21.3 Å². The summed E-state index contributed by atoms with van der Waals surface area (Å²) >= 11 is 6.41. The lowest BCUT2D eigenvalue weighted by Crippen LogP contribution is -2.50. The number of anilines is 3. The Bertz CT molecular complexity index is 1280. The van der Waals surface area contributed by atoms with E-state index in [-0.39, 0.29) is 35.0 Å². The van der Waals surface area contributed by atoms with Crippen LogP contribution in [-0.4, -0.2) is 44.7 Å². The van der Waals surface area contributed by atoms with Crippen LogP contribution in [0.1, 0.15) is 65.9 Å². The first-order chi connectivity index (χ1) is 19.2. The second-order valence-electron chi connectivity index (χ2n) is 13.5. The predicted molar refractivity (Wildman–Crippen MR) is 165 cm³/mol. The van der Waals surface area contributed by atoms with Gasteiger partial charge >= 0.3 is 7.12 Å². The number of halogens is 2. The number of nitriles is 1. The normalized spacial score (nSPS) is 21.3. The Labute approximate surface area is 250 Å². The predicted octanol–water partition coefficient (Wildman–Crippen LogP) is 6.80. The fourth-order valence-corrected chi connectivity index (χ4v) is 5.85. The maximum absolute atomic E-state index is 15.8. The van der Waals surface area contributed by atoms with E-state index in [4.69, 9.17) is 25.3 Å². The molecule has 2 aliphatic rings. The molecule has 0 spiro atoms. The molecular formula is C29H42BClFN5O3Si. The van der Waals surface area contributed by atoms with Gasteiger partial charge in [0.2, 0.25) is 5.95 Å². The van der Waals surface area contributed by atoms with Gasteiger partial charge in [-0.3, -0.25) is 0 Å². The standard InChI is InChI=1S/C29H42BClFN5O3Si/c1-28(2,3)41(6,7)40-16-20-12-21(13-23(32)25(20)30-38-17-29(4,5)18-39-30)35-27-34-15-22(31)26(37-27)36-24-11-9-8-10-19(24)14-33/h12-13,15,19,24H,8-11,16-18H2,1-7H3,(H2,34,35,36,37)/t19-,24?/m1/s1. The highest BCUT2D eigenvalue weighted by molar-refractivity contribution is 6.74. The number of benzene rings is 1. The second-order valence-corrected chi connectivity index (χ2v) is 18.7. The fraction of sp³-hybridized carbons (Fsp3) is 0.621. The van der Waals surface area contributed by atoms with Crippen molar-refractivity contribution in [2.24, 2.45) is 11.3 Å². The largest absolute Gasteiger partial charge is 0.497 e. The average Bonchev–Trinajstić information content (AvgIpc) is 2.89. The molecule has 8 nitrogen and oxygen atoms in total. The summed E-state index contributed by atoms with van der Waals surface area (Å²) in [5, 5.41) is 16.4. The smallest absolute Gasteiger partial charge is 0.413 e. The van der Waals surface area contributed by atoms with E-state index in [1.807, 2.05) is 6.07 Å². The first-order valence-corrected chi connectivity index (χ1v) is 17.6. The van der Waals surface area contributed by atoms with Gasteiger partial charge in [0.25, 0.3) is 0 Å². The molecule has 41 heavy (non-hydrogen) atoms. The van der Waals surface area contributed by atoms with Crippen LogP contribution in [0.4, 0.5) is 21.8 Å². The van der Waals surface area contributed by atoms with E-state index in [1.54, 1.807) is 0 Å². The maximum atomic E-state index is 15.8. The Hall–Kier alpha value is -2.23. The topological polar surface area (TPSA) is 101 Å². The molecule has 4 rings (SSSR count). The minimum absolute atomic E-state index is 0.00708. The molecule has 1 aliphatic heterocycles. The van der Waals surface area contributed by atoms with Gasteiger partial charge in [-0.15, -0.1) is 0 Å². The molecule has 2 aromatic rings. The van der Waals surface area contributed by atoms with Gasteiger partial charge in [-0.25, -0.2) is 9.37 Å². The number of hydrogen-bond donors (Lipinski definition) is 2. The first-order valence-electron chi connectivity index (χ1n) is 14.3. The van der Waals surface area contributed by atoms with Gasteiger partial charge in [-0.05, 0) is 48.7 Å². The van der Waals surface area contributed by atoms with Gasteiger partial charge in [0.1, 0.15) is 10.8 Å². The number of nitrogens with one attached hydrogen (secondary N) is 2. The number of rotatable bonds is 8. The minimum atomic E-state index is -2.13. The third kappa shape index (κ3) is 7.79. The van der Waals surface area contributed by atoms with Gasteiger partial charge in [0.05, 0.1) is 24.8 Å². The van der Waals surface area contributed by atoms with Gasteiger partial charge in [-0.2, -0.15) is 10.2 Å². The first kappa shape index (κ1) is 31.7. The third-order valence-electron chi connectivity index (χ3n) is 8.35. The molecule has 0 radical (unpaired) electrons. The summed E-state index contributed by atoms with van der Waals surface area (Å²) in [6.45, 7) is 16.1. The zero-order chi connectivity index (χ0) is 30.0. The lowest BCUT2D eigenvalue weighted by atomic mass is 9.73. The highest BCUT2D eigenvalue weighted by Crippen LogP contribution is 2.37. The lowest BCUT2D eigenvalue weighted by molar-refractivity contribution is 0.0339. The molecule has 2 atom stereocenters. The highest BCUT2D eigenvalue weighted by atomic mass is 35.5.